The first-order valence-corrected chi connectivity index (χ1v) is 7.47. The van der Waals surface area contributed by atoms with Crippen LogP contribution in [-0.4, -0.2) is 25.8 Å². The van der Waals surface area contributed by atoms with Gasteiger partial charge in [0, 0.05) is 15.7 Å². The van der Waals surface area contributed by atoms with Crippen molar-refractivity contribution in [3.8, 4) is 0 Å². The Kier molecular flexibility index (Phi) is 5.19. The standard InChI is InChI=1S/C11H11Cl2NO3S/c1-2-3-18(16,17)7-11(15)14-10-5-8(12)4-9(13)6-10/h2,4-6H,1,3,7H2,(H,14,15). The Hall–Kier alpha value is -1.04. The Morgan fingerprint density at radius 1 is 1.28 bits per heavy atom. The summed E-state index contributed by atoms with van der Waals surface area (Å²) in [6, 6.07) is 4.46. The number of halogens is 2. The number of rotatable bonds is 5. The number of hydrogen-bond donors (Lipinski definition) is 1. The van der Waals surface area contributed by atoms with Crippen molar-refractivity contribution >= 4 is 44.6 Å². The second-order valence-electron chi connectivity index (χ2n) is 3.55. The third-order valence-electron chi connectivity index (χ3n) is 1.87. The predicted molar refractivity (Wildman–Crippen MR) is 73.9 cm³/mol. The summed E-state index contributed by atoms with van der Waals surface area (Å²) in [6.45, 7) is 3.31. The van der Waals surface area contributed by atoms with E-state index in [1.165, 1.54) is 24.3 Å². The van der Waals surface area contributed by atoms with Gasteiger partial charge in [-0.2, -0.15) is 0 Å². The molecule has 18 heavy (non-hydrogen) atoms. The number of benzene rings is 1. The third-order valence-corrected chi connectivity index (χ3v) is 3.75. The maximum Gasteiger partial charge on any atom is 0.239 e. The molecule has 0 unspecified atom stereocenters. The van der Waals surface area contributed by atoms with Crippen molar-refractivity contribution in [3.05, 3.63) is 40.9 Å². The molecule has 0 atom stereocenters. The van der Waals surface area contributed by atoms with E-state index in [1.807, 2.05) is 0 Å². The molecule has 1 N–H and O–H groups in total. The van der Waals surface area contributed by atoms with E-state index in [1.54, 1.807) is 0 Å². The molecule has 1 aromatic rings. The molecule has 0 aliphatic rings. The van der Waals surface area contributed by atoms with Crippen LogP contribution in [-0.2, 0) is 14.6 Å². The smallest absolute Gasteiger partial charge is 0.239 e. The topological polar surface area (TPSA) is 63.2 Å². The lowest BCUT2D eigenvalue weighted by Crippen LogP contribution is -2.24. The van der Waals surface area contributed by atoms with Gasteiger partial charge in [0.15, 0.2) is 9.84 Å². The van der Waals surface area contributed by atoms with E-state index in [0.717, 1.165) is 0 Å². The van der Waals surface area contributed by atoms with Crippen molar-refractivity contribution in [2.24, 2.45) is 0 Å². The SMILES string of the molecule is C=CCS(=O)(=O)CC(=O)Nc1cc(Cl)cc(Cl)c1. The Bertz CT molecular complexity index is 549. The van der Waals surface area contributed by atoms with E-state index in [9.17, 15) is 13.2 Å². The van der Waals surface area contributed by atoms with E-state index >= 15 is 0 Å². The van der Waals surface area contributed by atoms with Crippen molar-refractivity contribution in [2.45, 2.75) is 0 Å². The van der Waals surface area contributed by atoms with E-state index in [2.05, 4.69) is 11.9 Å². The average molecular weight is 308 g/mol. The fourth-order valence-corrected chi connectivity index (χ4v) is 2.74. The predicted octanol–water partition coefficient (Wildman–Crippen LogP) is 2.53. The fraction of sp³-hybridized carbons (Fsp3) is 0.182. The van der Waals surface area contributed by atoms with Gasteiger partial charge in [-0.1, -0.05) is 29.3 Å². The van der Waals surface area contributed by atoms with E-state index in [4.69, 9.17) is 23.2 Å². The quantitative estimate of drug-likeness (QED) is 0.850. The number of carbonyl (C=O) groups is 1. The average Bonchev–Trinajstić information content (AvgIpc) is 2.13. The molecule has 1 aromatic carbocycles. The molecule has 7 heteroatoms. The van der Waals surface area contributed by atoms with Crippen LogP contribution in [0.15, 0.2) is 30.9 Å². The number of hydrogen-bond acceptors (Lipinski definition) is 3. The van der Waals surface area contributed by atoms with Crippen LogP contribution in [0, 0.1) is 0 Å². The van der Waals surface area contributed by atoms with Crippen LogP contribution in [0.4, 0.5) is 5.69 Å². The summed E-state index contributed by atoms with van der Waals surface area (Å²) in [5, 5.41) is 3.12. The van der Waals surface area contributed by atoms with Crippen molar-refractivity contribution in [1.82, 2.24) is 0 Å². The normalized spacial score (nSPS) is 11.0. The first-order chi connectivity index (χ1) is 8.32. The molecule has 98 valence electrons. The van der Waals surface area contributed by atoms with Crippen LogP contribution >= 0.6 is 23.2 Å². The summed E-state index contributed by atoms with van der Waals surface area (Å²) in [6.07, 6.45) is 1.23. The maximum absolute atomic E-state index is 11.5. The minimum absolute atomic E-state index is 0.239. The Labute approximate surface area is 116 Å². The van der Waals surface area contributed by atoms with Crippen LogP contribution in [0.3, 0.4) is 0 Å². The number of sulfone groups is 1. The molecule has 0 aliphatic heterocycles. The van der Waals surface area contributed by atoms with Crippen LogP contribution in [0.5, 0.6) is 0 Å². The first-order valence-electron chi connectivity index (χ1n) is 4.89. The van der Waals surface area contributed by atoms with E-state index < -0.39 is 21.5 Å². The van der Waals surface area contributed by atoms with Gasteiger partial charge in [-0.15, -0.1) is 6.58 Å². The molecule has 0 spiro atoms. The Morgan fingerprint density at radius 3 is 2.33 bits per heavy atom. The van der Waals surface area contributed by atoms with Gasteiger partial charge in [0.05, 0.1) is 5.75 Å². The minimum Gasteiger partial charge on any atom is -0.325 e. The highest BCUT2D eigenvalue weighted by molar-refractivity contribution is 7.92. The monoisotopic (exact) mass is 307 g/mol. The van der Waals surface area contributed by atoms with Crippen molar-refractivity contribution in [2.75, 3.05) is 16.8 Å². The molecular weight excluding hydrogens is 297 g/mol. The Morgan fingerprint density at radius 2 is 1.83 bits per heavy atom. The van der Waals surface area contributed by atoms with E-state index in [0.29, 0.717) is 15.7 Å². The molecule has 1 amide bonds. The number of nitrogens with one attached hydrogen (secondary N) is 1. The maximum atomic E-state index is 11.5. The zero-order valence-electron chi connectivity index (χ0n) is 9.32. The molecule has 0 aromatic heterocycles. The van der Waals surface area contributed by atoms with Crippen LogP contribution in [0.1, 0.15) is 0 Å². The van der Waals surface area contributed by atoms with Gasteiger partial charge >= 0.3 is 0 Å². The van der Waals surface area contributed by atoms with Gasteiger partial charge in [-0.3, -0.25) is 4.79 Å². The molecule has 1 rings (SSSR count). The van der Waals surface area contributed by atoms with Crippen LogP contribution < -0.4 is 5.32 Å². The number of amides is 1. The van der Waals surface area contributed by atoms with Gasteiger partial charge < -0.3 is 5.32 Å². The van der Waals surface area contributed by atoms with Gasteiger partial charge in [-0.25, -0.2) is 8.42 Å². The molecule has 0 bridgehead atoms. The summed E-state index contributed by atoms with van der Waals surface area (Å²) in [4.78, 5) is 11.5. The lowest BCUT2D eigenvalue weighted by molar-refractivity contribution is -0.113. The van der Waals surface area contributed by atoms with Crippen molar-refractivity contribution in [1.29, 1.82) is 0 Å². The molecule has 0 radical (unpaired) electrons. The largest absolute Gasteiger partial charge is 0.325 e. The van der Waals surface area contributed by atoms with Gasteiger partial charge in [0.25, 0.3) is 0 Å². The first kappa shape index (κ1) is 15.0. The second-order valence-corrected chi connectivity index (χ2v) is 6.53. The highest BCUT2D eigenvalue weighted by atomic mass is 35.5. The third kappa shape index (κ3) is 5.08. The molecule has 0 fully saturated rings. The summed E-state index contributed by atoms with van der Waals surface area (Å²) in [5.74, 6) is -1.49. The van der Waals surface area contributed by atoms with Crippen LogP contribution in [0.25, 0.3) is 0 Å². The highest BCUT2D eigenvalue weighted by Crippen LogP contribution is 2.22. The fourth-order valence-electron chi connectivity index (χ4n) is 1.26. The molecule has 0 saturated heterocycles. The molecular formula is C11H11Cl2NO3S. The zero-order chi connectivity index (χ0) is 13.8. The molecule has 0 heterocycles. The molecule has 0 aliphatic carbocycles. The number of carbonyl (C=O) groups excluding carboxylic acids is 1. The summed E-state index contributed by atoms with van der Waals surface area (Å²) < 4.78 is 22.8. The second kappa shape index (κ2) is 6.22. The summed E-state index contributed by atoms with van der Waals surface area (Å²) in [7, 11) is -3.47. The van der Waals surface area contributed by atoms with Crippen molar-refractivity contribution < 1.29 is 13.2 Å². The van der Waals surface area contributed by atoms with Crippen molar-refractivity contribution in [3.63, 3.8) is 0 Å². The van der Waals surface area contributed by atoms with E-state index in [-0.39, 0.29) is 5.75 Å². The number of anilines is 1. The lowest BCUT2D eigenvalue weighted by Gasteiger charge is -2.06. The highest BCUT2D eigenvalue weighted by Gasteiger charge is 2.15. The van der Waals surface area contributed by atoms with Crippen LogP contribution in [0.2, 0.25) is 10.0 Å². The Balaban J connectivity index is 2.73. The molecule has 0 saturated carbocycles. The lowest BCUT2D eigenvalue weighted by atomic mass is 10.3. The van der Waals surface area contributed by atoms with Gasteiger partial charge in [-0.05, 0) is 18.2 Å². The van der Waals surface area contributed by atoms with Gasteiger partial charge in [0.1, 0.15) is 5.75 Å². The zero-order valence-corrected chi connectivity index (χ0v) is 11.6. The molecule has 4 nitrogen and oxygen atoms in total. The van der Waals surface area contributed by atoms with Gasteiger partial charge in [0.2, 0.25) is 5.91 Å². The summed E-state index contributed by atoms with van der Waals surface area (Å²) >= 11 is 11.5. The summed E-state index contributed by atoms with van der Waals surface area (Å²) in [5.41, 5.74) is 0.353. The minimum atomic E-state index is -3.47.